The largest absolute Gasteiger partial charge is 0.512 e. The van der Waals surface area contributed by atoms with Crippen molar-refractivity contribution in [2.24, 2.45) is 11.8 Å². The van der Waals surface area contributed by atoms with Crippen LogP contribution in [0.4, 0.5) is 0 Å². The molecule has 1 radical (unpaired) electrons. The Bertz CT molecular complexity index is 1220. The molecule has 0 aliphatic heterocycles. The van der Waals surface area contributed by atoms with Gasteiger partial charge in [-0.3, -0.25) is 9.78 Å². The van der Waals surface area contributed by atoms with E-state index in [1.54, 1.807) is 0 Å². The van der Waals surface area contributed by atoms with Crippen LogP contribution in [0.3, 0.4) is 0 Å². The third-order valence-electron chi connectivity index (χ3n) is 7.41. The fourth-order valence-corrected chi connectivity index (χ4v) is 5.84. The summed E-state index contributed by atoms with van der Waals surface area (Å²) in [6.45, 7) is 19.7. The monoisotopic (exact) mass is 723 g/mol. The molecule has 1 heterocycles. The van der Waals surface area contributed by atoms with Gasteiger partial charge in [0.1, 0.15) is 0 Å². The number of aromatic nitrogens is 1. The summed E-state index contributed by atoms with van der Waals surface area (Å²) < 4.78 is 0. The van der Waals surface area contributed by atoms with Crippen LogP contribution < -0.4 is 5.19 Å². The molecule has 2 aromatic carbocycles. The first-order chi connectivity index (χ1) is 18.0. The van der Waals surface area contributed by atoms with Gasteiger partial charge in [0, 0.05) is 49.9 Å². The molecule has 1 aromatic heterocycles. The van der Waals surface area contributed by atoms with Crippen molar-refractivity contribution in [2.75, 3.05) is 0 Å². The molecule has 0 aliphatic rings. The summed E-state index contributed by atoms with van der Waals surface area (Å²) in [7, 11) is -1.34. The number of aliphatic hydroxyl groups excluding tert-OH is 1. The van der Waals surface area contributed by atoms with Crippen LogP contribution in [0, 0.1) is 17.9 Å². The Morgan fingerprint density at radius 1 is 0.949 bits per heavy atom. The van der Waals surface area contributed by atoms with E-state index < -0.39 is 8.07 Å². The number of hydrogen-bond donors (Lipinski definition) is 1. The Morgan fingerprint density at radius 3 is 2.08 bits per heavy atom. The third-order valence-corrected chi connectivity index (χ3v) is 9.46. The molecule has 3 aromatic rings. The number of ketones is 1. The van der Waals surface area contributed by atoms with Gasteiger partial charge in [0.25, 0.3) is 0 Å². The number of allylic oxidation sites excluding steroid dienone is 2. The van der Waals surface area contributed by atoms with Crippen molar-refractivity contribution in [1.82, 2.24) is 4.98 Å². The second kappa shape index (κ2) is 16.3. The van der Waals surface area contributed by atoms with E-state index in [4.69, 9.17) is 0 Å². The van der Waals surface area contributed by atoms with Crippen LogP contribution in [-0.2, 0) is 24.9 Å². The quantitative estimate of drug-likeness (QED) is 0.0983. The number of fused-ring (bicyclic) bond motifs is 1. The standard InChI is InChI=1S/C21H24NSi.C13H24O2.Ir/c1-15(2)20-13-17(12-16-8-6-7-9-19(16)20)21-14-18(10-11-22-21)23(3,4)5;1-5-10(6-2)12(14)9-13(15)11(7-3)8-4;/h6-11,13-15H,1-5H3;9-11,14H,5-8H2,1-4H3;/q-1;;/b;12-9-;. The van der Waals surface area contributed by atoms with Crippen LogP contribution >= 0.6 is 0 Å². The van der Waals surface area contributed by atoms with Crippen LogP contribution in [0.2, 0.25) is 19.6 Å². The maximum atomic E-state index is 11.7. The topological polar surface area (TPSA) is 50.2 Å². The molecule has 0 atom stereocenters. The van der Waals surface area contributed by atoms with E-state index in [0.29, 0.717) is 5.92 Å². The number of carbonyl (C=O) groups excluding carboxylic acids is 1. The molecule has 39 heavy (non-hydrogen) atoms. The molecule has 0 spiro atoms. The summed E-state index contributed by atoms with van der Waals surface area (Å²) in [4.78, 5) is 16.3. The smallest absolute Gasteiger partial charge is 0.162 e. The van der Waals surface area contributed by atoms with E-state index in [-0.39, 0.29) is 43.5 Å². The Hall–Kier alpha value is -2.07. The molecule has 3 nitrogen and oxygen atoms in total. The summed E-state index contributed by atoms with van der Waals surface area (Å²) in [6, 6.07) is 18.8. The number of aliphatic hydroxyl groups is 1. The van der Waals surface area contributed by atoms with Crippen molar-refractivity contribution in [2.45, 2.75) is 92.8 Å². The Labute approximate surface area is 251 Å². The maximum Gasteiger partial charge on any atom is 0.162 e. The molecule has 0 saturated carbocycles. The minimum absolute atomic E-state index is 0. The number of pyridine rings is 1. The number of carbonyl (C=O) groups is 1. The molecule has 0 fully saturated rings. The van der Waals surface area contributed by atoms with E-state index in [1.165, 1.54) is 27.6 Å². The van der Waals surface area contributed by atoms with E-state index in [9.17, 15) is 9.90 Å². The van der Waals surface area contributed by atoms with Crippen molar-refractivity contribution in [3.05, 3.63) is 72.1 Å². The second-order valence-electron chi connectivity index (χ2n) is 11.5. The van der Waals surface area contributed by atoms with Crippen molar-refractivity contribution in [3.8, 4) is 11.3 Å². The van der Waals surface area contributed by atoms with Crippen LogP contribution in [0.1, 0.15) is 78.7 Å². The molecule has 215 valence electrons. The Morgan fingerprint density at radius 2 is 1.54 bits per heavy atom. The van der Waals surface area contributed by atoms with Gasteiger partial charge in [-0.15, -0.1) is 29.1 Å². The van der Waals surface area contributed by atoms with Gasteiger partial charge >= 0.3 is 0 Å². The third kappa shape index (κ3) is 9.81. The Kier molecular flexibility index (Phi) is 14.6. The number of nitrogens with zero attached hydrogens (tertiary/aromatic N) is 1. The van der Waals surface area contributed by atoms with Gasteiger partial charge in [-0.2, -0.15) is 0 Å². The molecule has 0 amide bonds. The van der Waals surface area contributed by atoms with Gasteiger partial charge in [0.2, 0.25) is 0 Å². The van der Waals surface area contributed by atoms with Crippen LogP contribution in [0.5, 0.6) is 0 Å². The molecule has 5 heteroatoms. The Balaban J connectivity index is 0.000000418. The molecule has 3 rings (SSSR count). The van der Waals surface area contributed by atoms with Gasteiger partial charge < -0.3 is 5.11 Å². The van der Waals surface area contributed by atoms with E-state index in [2.05, 4.69) is 87.0 Å². The van der Waals surface area contributed by atoms with Crippen LogP contribution in [-0.4, -0.2) is 23.9 Å². The number of hydrogen-bond acceptors (Lipinski definition) is 3. The zero-order chi connectivity index (χ0) is 28.5. The van der Waals surface area contributed by atoms with Crippen LogP contribution in [0.25, 0.3) is 22.0 Å². The van der Waals surface area contributed by atoms with Crippen molar-refractivity contribution < 1.29 is 30.0 Å². The molecule has 0 aliphatic carbocycles. The molecular formula is C34H48IrNO2Si-. The number of rotatable bonds is 10. The van der Waals surface area contributed by atoms with Crippen LogP contribution in [0.15, 0.2) is 60.5 Å². The first kappa shape index (κ1) is 35.0. The first-order valence-electron chi connectivity index (χ1n) is 14.3. The maximum absolute atomic E-state index is 11.7. The van der Waals surface area contributed by atoms with E-state index in [1.807, 2.05) is 33.9 Å². The average molecular weight is 723 g/mol. The SMILES string of the molecule is CC(C)c1cc(-c2cc([Si](C)(C)C)ccn2)[c-]c2ccccc12.CCC(CC)C(=O)/C=C(\O)C(CC)CC.[Ir]. The normalized spacial score (nSPS) is 11.9. The fraction of sp³-hybridized carbons (Fsp3) is 0.471. The van der Waals surface area contributed by atoms with E-state index >= 15 is 0 Å². The minimum Gasteiger partial charge on any atom is -0.512 e. The number of benzene rings is 2. The summed E-state index contributed by atoms with van der Waals surface area (Å²) >= 11 is 0. The predicted molar refractivity (Wildman–Crippen MR) is 167 cm³/mol. The summed E-state index contributed by atoms with van der Waals surface area (Å²) in [5.74, 6) is 1.03. The van der Waals surface area contributed by atoms with Crippen molar-refractivity contribution in [1.29, 1.82) is 0 Å². The van der Waals surface area contributed by atoms with Gasteiger partial charge in [-0.05, 0) is 37.7 Å². The summed E-state index contributed by atoms with van der Waals surface area (Å²) in [5, 5.41) is 13.7. The molecule has 1 N–H and O–H groups in total. The van der Waals surface area contributed by atoms with Crippen molar-refractivity contribution in [3.63, 3.8) is 0 Å². The molecule has 0 saturated heterocycles. The first-order valence-corrected chi connectivity index (χ1v) is 17.8. The van der Waals surface area contributed by atoms with E-state index in [0.717, 1.165) is 36.9 Å². The zero-order valence-electron chi connectivity index (χ0n) is 25.4. The zero-order valence-corrected chi connectivity index (χ0v) is 28.8. The summed E-state index contributed by atoms with van der Waals surface area (Å²) in [6.07, 6.45) is 6.85. The average Bonchev–Trinajstić information content (AvgIpc) is 2.89. The minimum atomic E-state index is -1.34. The fourth-order valence-electron chi connectivity index (χ4n) is 4.70. The molecule has 0 bridgehead atoms. The molecule has 0 unspecified atom stereocenters. The second-order valence-corrected chi connectivity index (χ2v) is 16.6. The summed E-state index contributed by atoms with van der Waals surface area (Å²) in [5.41, 5.74) is 3.51. The van der Waals surface area contributed by atoms with Gasteiger partial charge in [-0.25, -0.2) is 0 Å². The molecular weight excluding hydrogens is 675 g/mol. The van der Waals surface area contributed by atoms with Crippen molar-refractivity contribution >= 4 is 29.8 Å². The predicted octanol–water partition coefficient (Wildman–Crippen LogP) is 9.24. The van der Waals surface area contributed by atoms with Gasteiger partial charge in [0.05, 0.1) is 13.8 Å². The van der Waals surface area contributed by atoms with Gasteiger partial charge in [-0.1, -0.05) is 102 Å². The van der Waals surface area contributed by atoms with Gasteiger partial charge in [0.15, 0.2) is 5.78 Å².